The standard InChI is InChI=1S/C15H18Cl2N2O2/c16-13-10-12(9-11-1-2-14(17)18-15(11)13)21-8-5-19-3-6-20-7-4-19/h1-2,9-10,14,18H,3-8H2. The fraction of sp³-hybridized carbons (Fsp3) is 0.467. The number of fused-ring (bicyclic) bond motifs is 1. The highest BCUT2D eigenvalue weighted by molar-refractivity contribution is 6.34. The average Bonchev–Trinajstić information content (AvgIpc) is 2.49. The minimum atomic E-state index is -0.219. The second-order valence-electron chi connectivity index (χ2n) is 5.08. The van der Waals surface area contributed by atoms with Gasteiger partial charge in [0.1, 0.15) is 17.9 Å². The van der Waals surface area contributed by atoms with Gasteiger partial charge in [-0.15, -0.1) is 0 Å². The van der Waals surface area contributed by atoms with Gasteiger partial charge in [0.25, 0.3) is 0 Å². The van der Waals surface area contributed by atoms with E-state index in [0.29, 0.717) is 11.6 Å². The molecule has 114 valence electrons. The number of benzene rings is 1. The number of hydrogen-bond acceptors (Lipinski definition) is 4. The minimum absolute atomic E-state index is 0.219. The normalized spacial score (nSPS) is 21.7. The van der Waals surface area contributed by atoms with Crippen molar-refractivity contribution in [3.8, 4) is 5.75 Å². The molecule has 0 bridgehead atoms. The molecule has 0 saturated carbocycles. The van der Waals surface area contributed by atoms with Crippen LogP contribution in [0.25, 0.3) is 6.08 Å². The molecule has 0 aromatic heterocycles. The van der Waals surface area contributed by atoms with E-state index >= 15 is 0 Å². The van der Waals surface area contributed by atoms with E-state index in [2.05, 4.69) is 10.2 Å². The molecule has 0 aliphatic carbocycles. The zero-order valence-corrected chi connectivity index (χ0v) is 13.2. The van der Waals surface area contributed by atoms with Gasteiger partial charge in [0.2, 0.25) is 0 Å². The number of halogens is 2. The lowest BCUT2D eigenvalue weighted by atomic mass is 10.1. The highest BCUT2D eigenvalue weighted by Crippen LogP contribution is 2.35. The third-order valence-electron chi connectivity index (χ3n) is 3.60. The van der Waals surface area contributed by atoms with E-state index in [-0.39, 0.29) is 5.50 Å². The Balaban J connectivity index is 1.59. The van der Waals surface area contributed by atoms with Crippen LogP contribution in [0.1, 0.15) is 5.56 Å². The van der Waals surface area contributed by atoms with Crippen molar-refractivity contribution in [3.63, 3.8) is 0 Å². The molecule has 0 radical (unpaired) electrons. The molecule has 1 aromatic rings. The largest absolute Gasteiger partial charge is 0.492 e. The molecule has 1 saturated heterocycles. The Labute approximate surface area is 134 Å². The molecular weight excluding hydrogens is 311 g/mol. The summed E-state index contributed by atoms with van der Waals surface area (Å²) >= 11 is 12.3. The summed E-state index contributed by atoms with van der Waals surface area (Å²) in [6.07, 6.45) is 3.85. The van der Waals surface area contributed by atoms with Crippen molar-refractivity contribution < 1.29 is 9.47 Å². The van der Waals surface area contributed by atoms with E-state index < -0.39 is 0 Å². The smallest absolute Gasteiger partial charge is 0.121 e. The van der Waals surface area contributed by atoms with Crippen molar-refractivity contribution in [2.75, 3.05) is 44.8 Å². The maximum Gasteiger partial charge on any atom is 0.121 e. The molecule has 1 unspecified atom stereocenters. The van der Waals surface area contributed by atoms with Crippen molar-refractivity contribution in [3.05, 3.63) is 28.8 Å². The summed E-state index contributed by atoms with van der Waals surface area (Å²) in [7, 11) is 0. The first-order chi connectivity index (χ1) is 10.2. The lowest BCUT2D eigenvalue weighted by Crippen LogP contribution is -2.38. The molecule has 6 heteroatoms. The zero-order chi connectivity index (χ0) is 14.7. The van der Waals surface area contributed by atoms with Gasteiger partial charge in [-0.3, -0.25) is 4.90 Å². The van der Waals surface area contributed by atoms with Crippen LogP contribution >= 0.6 is 23.2 Å². The van der Waals surface area contributed by atoms with Crippen LogP contribution in [0.2, 0.25) is 5.02 Å². The Kier molecular flexibility index (Phi) is 4.91. The lowest BCUT2D eigenvalue weighted by Gasteiger charge is -2.26. The molecule has 21 heavy (non-hydrogen) atoms. The summed E-state index contributed by atoms with van der Waals surface area (Å²) in [5.74, 6) is 0.784. The van der Waals surface area contributed by atoms with Crippen molar-refractivity contribution >= 4 is 35.0 Å². The second kappa shape index (κ2) is 6.88. The summed E-state index contributed by atoms with van der Waals surface area (Å²) in [6.45, 7) is 5.10. The van der Waals surface area contributed by atoms with Gasteiger partial charge in [-0.25, -0.2) is 0 Å². The first kappa shape index (κ1) is 15.0. The Morgan fingerprint density at radius 1 is 1.33 bits per heavy atom. The molecule has 2 heterocycles. The number of ether oxygens (including phenoxy) is 2. The highest BCUT2D eigenvalue weighted by atomic mass is 35.5. The predicted octanol–water partition coefficient (Wildman–Crippen LogP) is 3.05. The molecule has 0 spiro atoms. The van der Waals surface area contributed by atoms with E-state index in [4.69, 9.17) is 32.7 Å². The molecule has 1 fully saturated rings. The van der Waals surface area contributed by atoms with Crippen LogP contribution in [0.4, 0.5) is 5.69 Å². The van der Waals surface area contributed by atoms with E-state index in [1.54, 1.807) is 0 Å². The van der Waals surface area contributed by atoms with Crippen molar-refractivity contribution in [2.45, 2.75) is 5.50 Å². The molecular formula is C15H18Cl2N2O2. The SMILES string of the molecule is Clc1cc(OCCN2CCOCC2)cc2c1NC(Cl)C=C2. The molecule has 1 aromatic carbocycles. The maximum atomic E-state index is 6.28. The number of morpholine rings is 1. The lowest BCUT2D eigenvalue weighted by molar-refractivity contribution is 0.0322. The van der Waals surface area contributed by atoms with Crippen LogP contribution in [0, 0.1) is 0 Å². The third kappa shape index (κ3) is 3.83. The van der Waals surface area contributed by atoms with Crippen LogP contribution < -0.4 is 10.1 Å². The fourth-order valence-electron chi connectivity index (χ4n) is 2.46. The maximum absolute atomic E-state index is 6.28. The number of nitrogens with zero attached hydrogens (tertiary/aromatic N) is 1. The monoisotopic (exact) mass is 328 g/mol. The summed E-state index contributed by atoms with van der Waals surface area (Å²) in [4.78, 5) is 2.34. The van der Waals surface area contributed by atoms with Crippen LogP contribution in [0.5, 0.6) is 5.75 Å². The Hall–Kier alpha value is -0.940. The van der Waals surface area contributed by atoms with Crippen molar-refractivity contribution in [1.29, 1.82) is 0 Å². The van der Waals surface area contributed by atoms with Crippen molar-refractivity contribution in [2.24, 2.45) is 0 Å². The van der Waals surface area contributed by atoms with Gasteiger partial charge < -0.3 is 14.8 Å². The quantitative estimate of drug-likeness (QED) is 0.680. The summed E-state index contributed by atoms with van der Waals surface area (Å²) in [5.41, 5.74) is 1.64. The second-order valence-corrected chi connectivity index (χ2v) is 5.95. The third-order valence-corrected chi connectivity index (χ3v) is 4.15. The van der Waals surface area contributed by atoms with Crippen LogP contribution in [-0.4, -0.2) is 49.9 Å². The van der Waals surface area contributed by atoms with E-state index in [1.807, 2.05) is 24.3 Å². The summed E-state index contributed by atoms with van der Waals surface area (Å²) in [5, 5.41) is 3.76. The van der Waals surface area contributed by atoms with Crippen LogP contribution in [0.15, 0.2) is 18.2 Å². The number of anilines is 1. The van der Waals surface area contributed by atoms with Crippen LogP contribution in [-0.2, 0) is 4.74 Å². The van der Waals surface area contributed by atoms with Gasteiger partial charge >= 0.3 is 0 Å². The topological polar surface area (TPSA) is 33.7 Å². The molecule has 4 nitrogen and oxygen atoms in total. The Morgan fingerprint density at radius 3 is 2.95 bits per heavy atom. The summed E-state index contributed by atoms with van der Waals surface area (Å²) < 4.78 is 11.1. The molecule has 3 rings (SSSR count). The molecule has 1 atom stereocenters. The zero-order valence-electron chi connectivity index (χ0n) is 11.6. The summed E-state index contributed by atoms with van der Waals surface area (Å²) in [6, 6.07) is 3.81. The number of rotatable bonds is 4. The first-order valence-electron chi connectivity index (χ1n) is 7.07. The van der Waals surface area contributed by atoms with E-state index in [1.165, 1.54) is 0 Å². The Morgan fingerprint density at radius 2 is 2.14 bits per heavy atom. The fourth-order valence-corrected chi connectivity index (χ4v) is 2.91. The minimum Gasteiger partial charge on any atom is -0.492 e. The number of nitrogens with one attached hydrogen (secondary N) is 1. The number of alkyl halides is 1. The van der Waals surface area contributed by atoms with Crippen molar-refractivity contribution in [1.82, 2.24) is 4.90 Å². The molecule has 1 N–H and O–H groups in total. The highest BCUT2D eigenvalue weighted by Gasteiger charge is 2.15. The molecule has 2 aliphatic rings. The van der Waals surface area contributed by atoms with E-state index in [9.17, 15) is 0 Å². The number of hydrogen-bond donors (Lipinski definition) is 1. The van der Waals surface area contributed by atoms with Gasteiger partial charge in [-0.05, 0) is 12.1 Å². The Bertz CT molecular complexity index is 531. The van der Waals surface area contributed by atoms with Crippen LogP contribution in [0.3, 0.4) is 0 Å². The molecule has 0 amide bonds. The van der Waals surface area contributed by atoms with Gasteiger partial charge in [0.15, 0.2) is 0 Å². The predicted molar refractivity (Wildman–Crippen MR) is 86.5 cm³/mol. The molecule has 2 aliphatic heterocycles. The van der Waals surface area contributed by atoms with Gasteiger partial charge in [-0.1, -0.05) is 29.3 Å². The first-order valence-corrected chi connectivity index (χ1v) is 7.89. The van der Waals surface area contributed by atoms with Gasteiger partial charge in [-0.2, -0.15) is 0 Å². The average molecular weight is 329 g/mol. The van der Waals surface area contributed by atoms with E-state index in [0.717, 1.165) is 49.8 Å². The van der Waals surface area contributed by atoms with Gasteiger partial charge in [0.05, 0.1) is 23.9 Å². The van der Waals surface area contributed by atoms with Gasteiger partial charge in [0, 0.05) is 31.3 Å².